The molecule has 0 unspecified atom stereocenters. The molecule has 0 aliphatic heterocycles. The third-order valence-corrected chi connectivity index (χ3v) is 3.27. The molecule has 0 fully saturated rings. The minimum absolute atomic E-state index is 0.0149. The van der Waals surface area contributed by atoms with Gasteiger partial charge in [0, 0.05) is 24.3 Å². The van der Waals surface area contributed by atoms with E-state index < -0.39 is 0 Å². The van der Waals surface area contributed by atoms with E-state index in [1.54, 1.807) is 0 Å². The summed E-state index contributed by atoms with van der Waals surface area (Å²) in [4.78, 5) is 28.1. The summed E-state index contributed by atoms with van der Waals surface area (Å²) < 4.78 is 1.88. The van der Waals surface area contributed by atoms with Crippen molar-refractivity contribution in [2.24, 2.45) is 0 Å². The molecule has 2 aromatic rings. The highest BCUT2D eigenvalue weighted by Crippen LogP contribution is 2.11. The third-order valence-electron chi connectivity index (χ3n) is 2.50. The number of fused-ring (bicyclic) bond motifs is 1. The molecule has 0 aliphatic rings. The molecule has 0 atom stereocenters. The quantitative estimate of drug-likeness (QED) is 0.813. The number of aromatic nitrogens is 2. The molecule has 0 radical (unpaired) electrons. The molecule has 102 valence electrons. The Morgan fingerprint density at radius 3 is 2.95 bits per heavy atom. The Bertz CT molecular complexity index is 547. The van der Waals surface area contributed by atoms with Crippen molar-refractivity contribution in [2.45, 2.75) is 19.8 Å². The number of carbonyl (C=O) groups excluding carboxylic acids is 2. The van der Waals surface area contributed by atoms with E-state index in [4.69, 9.17) is 0 Å². The Kier molecular flexibility index (Phi) is 4.51. The molecule has 2 aromatic heterocycles. The Morgan fingerprint density at radius 1 is 1.37 bits per heavy atom. The first-order valence-electron chi connectivity index (χ1n) is 6.13. The number of imidazole rings is 1. The molecule has 0 aliphatic carbocycles. The zero-order valence-corrected chi connectivity index (χ0v) is 11.5. The topological polar surface area (TPSA) is 75.5 Å². The van der Waals surface area contributed by atoms with Crippen molar-refractivity contribution in [1.29, 1.82) is 0 Å². The fraction of sp³-hybridized carbons (Fsp3) is 0.417. The van der Waals surface area contributed by atoms with Crippen LogP contribution in [0.4, 0.5) is 0 Å². The fourth-order valence-electron chi connectivity index (χ4n) is 1.59. The largest absolute Gasteiger partial charge is 0.355 e. The normalized spacial score (nSPS) is 10.6. The van der Waals surface area contributed by atoms with Crippen LogP contribution in [0.2, 0.25) is 0 Å². The average molecular weight is 280 g/mol. The van der Waals surface area contributed by atoms with Crippen LogP contribution >= 0.6 is 11.3 Å². The summed E-state index contributed by atoms with van der Waals surface area (Å²) in [5.41, 5.74) is 0.707. The highest BCUT2D eigenvalue weighted by Gasteiger charge is 2.09. The molecule has 0 bridgehead atoms. The summed E-state index contributed by atoms with van der Waals surface area (Å²) in [5.74, 6) is -0.363. The second kappa shape index (κ2) is 6.33. The van der Waals surface area contributed by atoms with Gasteiger partial charge in [-0.1, -0.05) is 6.92 Å². The Balaban J connectivity index is 1.78. The molecular weight excluding hydrogens is 264 g/mol. The van der Waals surface area contributed by atoms with Crippen LogP contribution in [0.5, 0.6) is 0 Å². The smallest absolute Gasteiger partial charge is 0.239 e. The van der Waals surface area contributed by atoms with Crippen LogP contribution in [0.1, 0.15) is 19.0 Å². The van der Waals surface area contributed by atoms with E-state index in [1.165, 1.54) is 11.3 Å². The van der Waals surface area contributed by atoms with Crippen LogP contribution in [-0.4, -0.2) is 34.3 Å². The van der Waals surface area contributed by atoms with Gasteiger partial charge in [-0.05, 0) is 6.42 Å². The lowest BCUT2D eigenvalue weighted by molar-refractivity contribution is -0.125. The fourth-order valence-corrected chi connectivity index (χ4v) is 2.31. The van der Waals surface area contributed by atoms with Crippen molar-refractivity contribution in [3.05, 3.63) is 23.5 Å². The summed E-state index contributed by atoms with van der Waals surface area (Å²) in [6.07, 6.45) is 4.79. The zero-order chi connectivity index (χ0) is 13.7. The maximum Gasteiger partial charge on any atom is 0.239 e. The summed E-state index contributed by atoms with van der Waals surface area (Å²) in [7, 11) is 0. The Hall–Kier alpha value is -1.89. The van der Waals surface area contributed by atoms with Crippen LogP contribution in [0.15, 0.2) is 17.8 Å². The van der Waals surface area contributed by atoms with E-state index in [0.29, 0.717) is 12.2 Å². The van der Waals surface area contributed by atoms with Crippen molar-refractivity contribution < 1.29 is 9.59 Å². The summed E-state index contributed by atoms with van der Waals surface area (Å²) in [6, 6.07) is 0. The van der Waals surface area contributed by atoms with E-state index in [-0.39, 0.29) is 24.8 Å². The molecule has 7 heteroatoms. The minimum atomic E-state index is -0.197. The average Bonchev–Trinajstić information content (AvgIpc) is 2.94. The van der Waals surface area contributed by atoms with Gasteiger partial charge in [0.25, 0.3) is 0 Å². The van der Waals surface area contributed by atoms with Gasteiger partial charge in [0.2, 0.25) is 11.8 Å². The van der Waals surface area contributed by atoms with Gasteiger partial charge in [0.1, 0.15) is 0 Å². The van der Waals surface area contributed by atoms with Crippen molar-refractivity contribution in [1.82, 2.24) is 20.0 Å². The van der Waals surface area contributed by atoms with Crippen LogP contribution in [0.25, 0.3) is 4.96 Å². The number of nitrogens with one attached hydrogen (secondary N) is 2. The SMILES string of the molecule is CCCNC(=O)CNC(=O)Cc1cn2ccsc2n1. The summed E-state index contributed by atoms with van der Waals surface area (Å²) in [5, 5.41) is 7.21. The van der Waals surface area contributed by atoms with Crippen molar-refractivity contribution in [2.75, 3.05) is 13.1 Å². The van der Waals surface area contributed by atoms with Crippen LogP contribution in [0.3, 0.4) is 0 Å². The Morgan fingerprint density at radius 2 is 2.21 bits per heavy atom. The Labute approximate surface area is 114 Å². The van der Waals surface area contributed by atoms with Gasteiger partial charge in [-0.25, -0.2) is 4.98 Å². The minimum Gasteiger partial charge on any atom is -0.355 e. The first-order chi connectivity index (χ1) is 9.19. The highest BCUT2D eigenvalue weighted by molar-refractivity contribution is 7.15. The predicted octanol–water partition coefficient (Wildman–Crippen LogP) is 0.581. The number of thiazole rings is 1. The first-order valence-corrected chi connectivity index (χ1v) is 7.01. The molecule has 0 spiro atoms. The molecule has 0 saturated heterocycles. The van der Waals surface area contributed by atoms with E-state index >= 15 is 0 Å². The van der Waals surface area contributed by atoms with E-state index in [9.17, 15) is 9.59 Å². The zero-order valence-electron chi connectivity index (χ0n) is 10.7. The number of rotatable bonds is 6. The van der Waals surface area contributed by atoms with Crippen LogP contribution in [0, 0.1) is 0 Å². The third kappa shape index (κ3) is 3.78. The number of amides is 2. The van der Waals surface area contributed by atoms with Crippen LogP contribution < -0.4 is 10.6 Å². The van der Waals surface area contributed by atoms with E-state index in [2.05, 4.69) is 15.6 Å². The van der Waals surface area contributed by atoms with Gasteiger partial charge in [-0.3, -0.25) is 14.0 Å². The second-order valence-corrected chi connectivity index (χ2v) is 5.00. The molecule has 0 aromatic carbocycles. The summed E-state index contributed by atoms with van der Waals surface area (Å²) in [6.45, 7) is 2.62. The highest BCUT2D eigenvalue weighted by atomic mass is 32.1. The monoisotopic (exact) mass is 280 g/mol. The molecule has 2 N–H and O–H groups in total. The predicted molar refractivity (Wildman–Crippen MR) is 73.1 cm³/mol. The lowest BCUT2D eigenvalue weighted by Gasteiger charge is -2.04. The standard InChI is InChI=1S/C12H16N4O2S/c1-2-3-13-11(18)7-14-10(17)6-9-8-16-4-5-19-12(16)15-9/h4-5,8H,2-3,6-7H2,1H3,(H,13,18)(H,14,17). The number of carbonyl (C=O) groups is 2. The van der Waals surface area contributed by atoms with Gasteiger partial charge in [0.05, 0.1) is 18.7 Å². The lowest BCUT2D eigenvalue weighted by atomic mass is 10.3. The van der Waals surface area contributed by atoms with Gasteiger partial charge in [-0.15, -0.1) is 11.3 Å². The molecule has 19 heavy (non-hydrogen) atoms. The van der Waals surface area contributed by atoms with Gasteiger partial charge >= 0.3 is 0 Å². The molecule has 2 rings (SSSR count). The van der Waals surface area contributed by atoms with E-state index in [1.807, 2.05) is 29.1 Å². The second-order valence-electron chi connectivity index (χ2n) is 4.13. The van der Waals surface area contributed by atoms with Gasteiger partial charge in [-0.2, -0.15) is 0 Å². The maximum absolute atomic E-state index is 11.7. The number of hydrogen-bond donors (Lipinski definition) is 2. The molecule has 2 amide bonds. The van der Waals surface area contributed by atoms with Crippen molar-refractivity contribution in [3.63, 3.8) is 0 Å². The molecule has 0 saturated carbocycles. The van der Waals surface area contributed by atoms with Gasteiger partial charge < -0.3 is 10.6 Å². The number of hydrogen-bond acceptors (Lipinski definition) is 4. The van der Waals surface area contributed by atoms with Crippen LogP contribution in [-0.2, 0) is 16.0 Å². The molecule has 2 heterocycles. The first kappa shape index (κ1) is 13.5. The lowest BCUT2D eigenvalue weighted by Crippen LogP contribution is -2.37. The van der Waals surface area contributed by atoms with E-state index in [0.717, 1.165) is 11.4 Å². The molecular formula is C12H16N4O2S. The van der Waals surface area contributed by atoms with Crippen molar-refractivity contribution >= 4 is 28.1 Å². The summed E-state index contributed by atoms with van der Waals surface area (Å²) >= 11 is 1.52. The maximum atomic E-state index is 11.7. The van der Waals surface area contributed by atoms with Gasteiger partial charge in [0.15, 0.2) is 4.96 Å². The molecule has 6 nitrogen and oxygen atoms in total. The van der Waals surface area contributed by atoms with Crippen molar-refractivity contribution in [3.8, 4) is 0 Å². The number of nitrogens with zero attached hydrogens (tertiary/aromatic N) is 2.